The number of rotatable bonds is 1. The van der Waals surface area contributed by atoms with Gasteiger partial charge >= 0.3 is 0 Å². The second kappa shape index (κ2) is 4.67. The number of aromatic nitrogens is 1. The summed E-state index contributed by atoms with van der Waals surface area (Å²) in [4.78, 5) is 7.00. The highest BCUT2D eigenvalue weighted by Crippen LogP contribution is 2.35. The molecule has 2 nitrogen and oxygen atoms in total. The Kier molecular flexibility index (Phi) is 3.41. The minimum absolute atomic E-state index is 0.458. The van der Waals surface area contributed by atoms with E-state index in [9.17, 15) is 0 Å². The van der Waals surface area contributed by atoms with Gasteiger partial charge in [-0.05, 0) is 42.7 Å². The van der Waals surface area contributed by atoms with Crippen LogP contribution >= 0.6 is 0 Å². The Morgan fingerprint density at radius 1 is 1.35 bits per heavy atom. The van der Waals surface area contributed by atoms with Crippen LogP contribution in [0, 0.1) is 18.3 Å². The zero-order valence-electron chi connectivity index (χ0n) is 11.5. The average molecular weight is 232 g/mol. The van der Waals surface area contributed by atoms with Gasteiger partial charge in [0, 0.05) is 19.3 Å². The second-order valence-corrected chi connectivity index (χ2v) is 6.13. The maximum Gasteiger partial charge on any atom is 0.128 e. The molecule has 2 heteroatoms. The van der Waals surface area contributed by atoms with Gasteiger partial charge in [-0.15, -0.1) is 0 Å². The first-order chi connectivity index (χ1) is 7.99. The predicted octanol–water partition coefficient (Wildman–Crippen LogP) is 3.65. The van der Waals surface area contributed by atoms with Crippen molar-refractivity contribution >= 4 is 5.82 Å². The molecule has 1 aromatic rings. The van der Waals surface area contributed by atoms with Gasteiger partial charge in [0.25, 0.3) is 0 Å². The first-order valence-corrected chi connectivity index (χ1v) is 6.67. The van der Waals surface area contributed by atoms with Gasteiger partial charge in [0.1, 0.15) is 5.82 Å². The van der Waals surface area contributed by atoms with Crippen molar-refractivity contribution in [2.45, 2.75) is 40.5 Å². The number of nitrogens with zero attached hydrogens (tertiary/aromatic N) is 2. The highest BCUT2D eigenvalue weighted by Gasteiger charge is 2.30. The van der Waals surface area contributed by atoms with Crippen LogP contribution in [0.5, 0.6) is 0 Å². The fourth-order valence-corrected chi connectivity index (χ4v) is 2.50. The van der Waals surface area contributed by atoms with Crippen molar-refractivity contribution in [1.82, 2.24) is 4.98 Å². The molecule has 1 aromatic heterocycles. The largest absolute Gasteiger partial charge is 0.356 e. The summed E-state index contributed by atoms with van der Waals surface area (Å²) in [7, 11) is 0. The monoisotopic (exact) mass is 232 g/mol. The maximum atomic E-state index is 4.55. The molecule has 2 heterocycles. The Morgan fingerprint density at radius 3 is 2.76 bits per heavy atom. The topological polar surface area (TPSA) is 16.1 Å². The van der Waals surface area contributed by atoms with Crippen LogP contribution in [0.4, 0.5) is 5.82 Å². The van der Waals surface area contributed by atoms with Crippen molar-refractivity contribution in [3.8, 4) is 0 Å². The molecule has 0 radical (unpaired) electrons. The molecule has 0 amide bonds. The average Bonchev–Trinajstić information content (AvgIpc) is 2.40. The van der Waals surface area contributed by atoms with Crippen LogP contribution in [0.15, 0.2) is 18.3 Å². The molecule has 0 aliphatic carbocycles. The van der Waals surface area contributed by atoms with Crippen LogP contribution in [0.3, 0.4) is 0 Å². The molecule has 1 atom stereocenters. The van der Waals surface area contributed by atoms with Crippen LogP contribution in [0.25, 0.3) is 0 Å². The fourth-order valence-electron chi connectivity index (χ4n) is 2.50. The number of hydrogen-bond donors (Lipinski definition) is 0. The van der Waals surface area contributed by atoms with E-state index in [0.29, 0.717) is 11.3 Å². The van der Waals surface area contributed by atoms with Gasteiger partial charge in [-0.2, -0.15) is 0 Å². The summed E-state index contributed by atoms with van der Waals surface area (Å²) in [6, 6.07) is 4.31. The molecular weight excluding hydrogens is 208 g/mol. The zero-order valence-corrected chi connectivity index (χ0v) is 11.5. The Hall–Kier alpha value is -1.05. The highest BCUT2D eigenvalue weighted by atomic mass is 15.2. The van der Waals surface area contributed by atoms with E-state index in [0.717, 1.165) is 18.9 Å². The van der Waals surface area contributed by atoms with E-state index in [2.05, 4.69) is 49.7 Å². The van der Waals surface area contributed by atoms with Crippen molar-refractivity contribution in [2.75, 3.05) is 18.0 Å². The first kappa shape index (κ1) is 12.4. The van der Waals surface area contributed by atoms with Crippen molar-refractivity contribution in [3.05, 3.63) is 23.9 Å². The van der Waals surface area contributed by atoms with Gasteiger partial charge < -0.3 is 4.90 Å². The summed E-state index contributed by atoms with van der Waals surface area (Å²) >= 11 is 0. The standard InChI is InChI=1S/C15H24N2/c1-12-6-7-14(16-10-12)17-9-5-8-15(3,4)13(2)11-17/h6-7,10,13H,5,8-9,11H2,1-4H3/t13-/m1/s1. The summed E-state index contributed by atoms with van der Waals surface area (Å²) in [5, 5.41) is 0. The zero-order chi connectivity index (χ0) is 12.5. The van der Waals surface area contributed by atoms with E-state index < -0.39 is 0 Å². The summed E-state index contributed by atoms with van der Waals surface area (Å²) in [6.07, 6.45) is 4.56. The van der Waals surface area contributed by atoms with Crippen LogP contribution < -0.4 is 4.90 Å². The van der Waals surface area contributed by atoms with E-state index in [1.54, 1.807) is 0 Å². The smallest absolute Gasteiger partial charge is 0.128 e. The van der Waals surface area contributed by atoms with Crippen molar-refractivity contribution < 1.29 is 0 Å². The Labute approximate surface area is 105 Å². The van der Waals surface area contributed by atoms with E-state index >= 15 is 0 Å². The van der Waals surface area contributed by atoms with E-state index in [4.69, 9.17) is 0 Å². The van der Waals surface area contributed by atoms with Crippen LogP contribution in [-0.4, -0.2) is 18.1 Å². The summed E-state index contributed by atoms with van der Waals surface area (Å²) in [5.74, 6) is 1.85. The number of anilines is 1. The van der Waals surface area contributed by atoms with E-state index in [1.165, 1.54) is 18.4 Å². The molecule has 1 aliphatic rings. The molecular formula is C15H24N2. The Morgan fingerprint density at radius 2 is 2.12 bits per heavy atom. The van der Waals surface area contributed by atoms with Crippen molar-refractivity contribution in [1.29, 1.82) is 0 Å². The van der Waals surface area contributed by atoms with E-state index in [-0.39, 0.29) is 0 Å². The number of hydrogen-bond acceptors (Lipinski definition) is 2. The minimum Gasteiger partial charge on any atom is -0.356 e. The van der Waals surface area contributed by atoms with Gasteiger partial charge in [0.15, 0.2) is 0 Å². The Balaban J connectivity index is 2.15. The Bertz CT molecular complexity index is 367. The number of aryl methyl sites for hydroxylation is 1. The molecule has 94 valence electrons. The lowest BCUT2D eigenvalue weighted by molar-refractivity contribution is 0.229. The summed E-state index contributed by atoms with van der Waals surface area (Å²) < 4.78 is 0. The highest BCUT2D eigenvalue weighted by molar-refractivity contribution is 5.39. The molecule has 2 rings (SSSR count). The second-order valence-electron chi connectivity index (χ2n) is 6.13. The minimum atomic E-state index is 0.458. The lowest BCUT2D eigenvalue weighted by atomic mass is 9.77. The van der Waals surface area contributed by atoms with Gasteiger partial charge in [-0.25, -0.2) is 4.98 Å². The van der Waals surface area contributed by atoms with Crippen molar-refractivity contribution in [3.63, 3.8) is 0 Å². The molecule has 0 spiro atoms. The van der Waals surface area contributed by atoms with Crippen LogP contribution in [-0.2, 0) is 0 Å². The summed E-state index contributed by atoms with van der Waals surface area (Å²) in [6.45, 7) is 11.5. The first-order valence-electron chi connectivity index (χ1n) is 6.67. The van der Waals surface area contributed by atoms with Gasteiger partial charge in [0.2, 0.25) is 0 Å². The normalized spacial score (nSPS) is 24.5. The third kappa shape index (κ3) is 2.80. The number of pyridine rings is 1. The SMILES string of the molecule is Cc1ccc(N2CCCC(C)(C)[C@H](C)C2)nc1. The molecule has 0 saturated carbocycles. The van der Waals surface area contributed by atoms with Gasteiger partial charge in [0.05, 0.1) is 0 Å². The van der Waals surface area contributed by atoms with Gasteiger partial charge in [-0.3, -0.25) is 0 Å². The quantitative estimate of drug-likeness (QED) is 0.734. The van der Waals surface area contributed by atoms with E-state index in [1.807, 2.05) is 6.20 Å². The van der Waals surface area contributed by atoms with Gasteiger partial charge in [-0.1, -0.05) is 26.8 Å². The molecule has 0 N–H and O–H groups in total. The molecule has 0 unspecified atom stereocenters. The molecule has 1 aliphatic heterocycles. The lowest BCUT2D eigenvalue weighted by Crippen LogP contribution is -2.32. The molecule has 17 heavy (non-hydrogen) atoms. The molecule has 1 saturated heterocycles. The lowest BCUT2D eigenvalue weighted by Gasteiger charge is -2.31. The third-order valence-electron chi connectivity index (χ3n) is 4.30. The fraction of sp³-hybridized carbons (Fsp3) is 0.667. The molecule has 1 fully saturated rings. The maximum absolute atomic E-state index is 4.55. The van der Waals surface area contributed by atoms with Crippen molar-refractivity contribution in [2.24, 2.45) is 11.3 Å². The molecule has 0 aromatic carbocycles. The summed E-state index contributed by atoms with van der Waals surface area (Å²) in [5.41, 5.74) is 1.69. The third-order valence-corrected chi connectivity index (χ3v) is 4.30. The predicted molar refractivity (Wildman–Crippen MR) is 73.4 cm³/mol. The van der Waals surface area contributed by atoms with Crippen LogP contribution in [0.2, 0.25) is 0 Å². The molecule has 0 bridgehead atoms. The van der Waals surface area contributed by atoms with Crippen LogP contribution in [0.1, 0.15) is 39.2 Å².